The van der Waals surface area contributed by atoms with Crippen molar-refractivity contribution in [2.45, 2.75) is 217 Å². The highest BCUT2D eigenvalue weighted by Gasteiger charge is 2.34. The number of phenols is 1. The molecule has 2 aromatic rings. The second-order valence-corrected chi connectivity index (χ2v) is 30.6. The molecule has 48 heteroatoms. The summed E-state index contributed by atoms with van der Waals surface area (Å²) in [6.07, 6.45) is -1.78. The van der Waals surface area contributed by atoms with E-state index in [9.17, 15) is 117 Å². The van der Waals surface area contributed by atoms with Crippen LogP contribution in [0, 0.1) is 39.9 Å². The number of aliphatic hydroxyl groups excluding tert-OH is 18. The predicted molar refractivity (Wildman–Crippen MR) is 493 cm³/mol. The number of carbonyl (C=O) groups is 2. The Hall–Kier alpha value is -12.2. The summed E-state index contributed by atoms with van der Waals surface area (Å²) in [6.45, 7) is 9.53. The molecule has 0 bridgehead atoms. The number of thiol groups is 2. The number of guanidine groups is 2. The van der Waals surface area contributed by atoms with Crippen LogP contribution < -0.4 is 27.8 Å². The first-order valence-corrected chi connectivity index (χ1v) is 41.3. The number of benzene rings is 2. The first-order chi connectivity index (χ1) is 59.3. The molecular weight excluding hydrogens is 1690 g/mol. The standard InChI is InChI=1S/C78H125N23O23S2/c1-9-41(8)62(101-68(115)47(18-14-28-86-78(83)84)91-63(110)45(79)29-38(2)3)75(122)100-61(40(6)7)74(121)94-49(23-25-56(80)105)67(114)98-55(37-126)72(119)92-46(17-13-27-85-77(81)82)66(113)96-53(35-103)71(118)99-60(39(4)5)73(120)93-48(24-26-59(108)109)64(111)87-33-58(107)90-52(34-102)70(117)97-54(36-125)65(112)88-32-57(106)89-50(30-42-15-11-10-12-16-42)69(116)95-51(76(123)124)31-43-19-21-44(104)22-20-43/h10-12,15-16,19-22,38-41,45-55,60-62,102-104,125-126H,9,13-14,17-18,23-37,79H2,1-8H3,(H2,80,105)(H,87,111)(H,88,112)(H,89,106)(H,90,107)(H,91,110)(H,92,119)(H,93,120)(H,94,121)(H,95,116)(H,96,113)(H,97,117)(H,98,114)(H,99,118)(H,100,122)(H,101,115)(H,108,109)(H,123,124)(H4,81,82,85)(H4,83,84,86)/t41-,45-,46-,47-,48-,49-,50-,51-,52-,53-,54-,55-,60-,61-,62-/m0/s1. The van der Waals surface area contributed by atoms with Crippen molar-refractivity contribution in [3.8, 4) is 5.75 Å². The Morgan fingerprint density at radius 1 is 0.413 bits per heavy atom. The van der Waals surface area contributed by atoms with Crippen LogP contribution in [0.15, 0.2) is 129 Å². The van der Waals surface area contributed by atoms with Crippen LogP contribution in [0.2, 0.25) is 0 Å². The molecule has 0 radical (unpaired) electrons. The van der Waals surface area contributed by atoms with Crippen LogP contribution in [-0.2, 0) is 22.4 Å². The van der Waals surface area contributed by atoms with Crippen molar-refractivity contribution in [2.75, 3.05) is 50.9 Å². The van der Waals surface area contributed by atoms with E-state index in [0.29, 0.717) is 24.0 Å². The second-order valence-electron chi connectivity index (χ2n) is 29.9. The van der Waals surface area contributed by atoms with Gasteiger partial charge in [-0.15, -0.1) is 0 Å². The Balaban J connectivity index is 2.67. The SMILES string of the molecule is CC[C@H](C)[C@H](N=C(O)[C@H](CCCNC(=N)N)N=C(O)[C@@H](N)CC(C)C)C(O)=N[C@H](C(O)=N[C@@H](CCC(=N)O)C(O)=N[C@@H](CS)C(O)=N[C@@H](CCCNC(=N)N)C(O)=N[C@@H](CO)C(O)=N[C@H](C(O)=N[C@@H](CCC(=O)O)C(O)=NCC(O)=N[C@@H](CO)C(O)=N[C@@H](CS)C(O)=NCC(O)=N[C@@H](Cc1ccccc1)C(O)=N[C@@H](Cc1ccc(O)cc1)C(=O)O)C(C)C)C(C)C. The predicted octanol–water partition coefficient (Wildman–Crippen LogP) is 5.68. The van der Waals surface area contributed by atoms with E-state index < -0.39 is 278 Å². The summed E-state index contributed by atoms with van der Waals surface area (Å²) in [6, 6.07) is -7.25. The van der Waals surface area contributed by atoms with Gasteiger partial charge in [-0.1, -0.05) is 104 Å². The van der Waals surface area contributed by atoms with Crippen LogP contribution in [0.1, 0.15) is 131 Å². The molecule has 0 saturated carbocycles. The maximum absolute atomic E-state index is 12.2. The van der Waals surface area contributed by atoms with Gasteiger partial charge in [0.1, 0.15) is 79.3 Å². The molecule has 0 aliphatic heterocycles. The van der Waals surface area contributed by atoms with Crippen molar-refractivity contribution in [2.24, 2.45) is 116 Å². The minimum Gasteiger partial charge on any atom is -0.508 e. The highest BCUT2D eigenvalue weighted by molar-refractivity contribution is 7.80. The van der Waals surface area contributed by atoms with Gasteiger partial charge in [-0.3, -0.25) is 21.0 Å². The molecule has 0 unspecified atom stereocenters. The number of aliphatic imine (C=N–C) groups is 15. The van der Waals surface area contributed by atoms with E-state index >= 15 is 0 Å². The fraction of sp³-hybridized carbons (Fsp3) is 0.590. The fourth-order valence-electron chi connectivity index (χ4n) is 11.2. The number of rotatable bonds is 59. The number of nitrogens with two attached hydrogens (primary N) is 3. The lowest BCUT2D eigenvalue weighted by atomic mass is 9.98. The molecule has 46 nitrogen and oxygen atoms in total. The Morgan fingerprint density at radius 3 is 1.21 bits per heavy atom. The smallest absolute Gasteiger partial charge is 0.328 e. The van der Waals surface area contributed by atoms with E-state index in [1.807, 2.05) is 13.8 Å². The molecular formula is C78H125N23O23S2. The number of nitrogens with zero attached hydrogens (tertiary/aromatic N) is 15. The van der Waals surface area contributed by atoms with Crippen molar-refractivity contribution in [1.29, 1.82) is 16.2 Å². The Labute approximate surface area is 738 Å². The fourth-order valence-corrected chi connectivity index (χ4v) is 11.7. The van der Waals surface area contributed by atoms with Crippen LogP contribution in [0.5, 0.6) is 5.75 Å². The van der Waals surface area contributed by atoms with E-state index in [0.717, 1.165) is 0 Å². The zero-order chi connectivity index (χ0) is 95.2. The van der Waals surface area contributed by atoms with Crippen LogP contribution >= 0.6 is 25.3 Å². The maximum atomic E-state index is 12.2. The summed E-state index contributed by atoms with van der Waals surface area (Å²) in [5.74, 6) is -20.5. The average molecular weight is 1820 g/mol. The molecule has 126 heavy (non-hydrogen) atoms. The van der Waals surface area contributed by atoms with Crippen LogP contribution in [-0.4, -0.2) is 361 Å². The Kier molecular flexibility index (Phi) is 50.0. The lowest BCUT2D eigenvalue weighted by Gasteiger charge is -2.23. The number of carboxylic acids is 2. The first-order valence-electron chi connectivity index (χ1n) is 40.1. The summed E-state index contributed by atoms with van der Waals surface area (Å²) in [4.78, 5) is 85.1. The number of hydrogen-bond donors (Lipinski definition) is 31. The number of hydrogen-bond acceptors (Lipinski definition) is 26. The number of nitrogens with one attached hydrogen (secondary N) is 5. The van der Waals surface area contributed by atoms with E-state index in [4.69, 9.17) is 33.4 Å². The van der Waals surface area contributed by atoms with Crippen molar-refractivity contribution in [3.63, 3.8) is 0 Å². The molecule has 0 spiro atoms. The van der Waals surface area contributed by atoms with E-state index in [1.54, 1.807) is 58.0 Å². The number of phenolic OH excluding ortho intramolecular Hbond substituents is 1. The van der Waals surface area contributed by atoms with Crippen molar-refractivity contribution in [3.05, 3.63) is 65.7 Å². The molecule has 0 aliphatic rings. The second kappa shape index (κ2) is 57.4. The van der Waals surface area contributed by atoms with Crippen LogP contribution in [0.4, 0.5) is 0 Å². The summed E-state index contributed by atoms with van der Waals surface area (Å²) in [5, 5.41) is 258. The lowest BCUT2D eigenvalue weighted by Crippen LogP contribution is -2.36. The van der Waals surface area contributed by atoms with Gasteiger partial charge in [-0.25, -0.2) is 79.7 Å². The monoisotopic (exact) mass is 1820 g/mol. The molecule has 702 valence electrons. The van der Waals surface area contributed by atoms with Gasteiger partial charge in [0.05, 0.1) is 19.3 Å². The van der Waals surface area contributed by atoms with Gasteiger partial charge in [-0.2, -0.15) is 25.3 Å². The molecule has 15 atom stereocenters. The van der Waals surface area contributed by atoms with Crippen molar-refractivity contribution < 1.29 is 117 Å². The van der Waals surface area contributed by atoms with Gasteiger partial charge in [0.25, 0.3) is 0 Å². The number of aromatic hydroxyl groups is 1. The first kappa shape index (κ1) is 110. The lowest BCUT2D eigenvalue weighted by molar-refractivity contribution is -0.139. The molecule has 0 fully saturated rings. The average Bonchev–Trinajstić information content (AvgIpc) is 0.833. The molecule has 2 rings (SSSR count). The number of aliphatic hydroxyl groups is 18. The normalized spacial score (nSPS) is 17.7. The van der Waals surface area contributed by atoms with Crippen molar-refractivity contribution in [1.82, 2.24) is 10.6 Å². The molecule has 0 saturated heterocycles. The van der Waals surface area contributed by atoms with E-state index in [1.165, 1.54) is 38.1 Å². The van der Waals surface area contributed by atoms with Gasteiger partial charge < -0.3 is 135 Å². The topological polar surface area (TPSA) is 818 Å². The third-order valence-corrected chi connectivity index (χ3v) is 19.0. The quantitative estimate of drug-likeness (QED) is 0.0164. The van der Waals surface area contributed by atoms with Crippen LogP contribution in [0.25, 0.3) is 0 Å². The summed E-state index contributed by atoms with van der Waals surface area (Å²) in [5.41, 5.74) is 18.2. The van der Waals surface area contributed by atoms with Gasteiger partial charge in [-0.05, 0) is 91.9 Å². The Morgan fingerprint density at radius 2 is 0.762 bits per heavy atom. The van der Waals surface area contributed by atoms with Gasteiger partial charge in [0, 0.05) is 50.3 Å². The highest BCUT2D eigenvalue weighted by atomic mass is 32.1. The Bertz CT molecular complexity index is 4300. The minimum atomic E-state index is -1.91. The molecule has 32 N–H and O–H groups in total. The minimum absolute atomic E-state index is 0.00243. The summed E-state index contributed by atoms with van der Waals surface area (Å²) < 4.78 is 0. The zero-order valence-electron chi connectivity index (χ0n) is 71.3. The number of aliphatic carboxylic acids is 2. The molecule has 0 aliphatic carbocycles. The van der Waals surface area contributed by atoms with Crippen molar-refractivity contribution >= 4 is 143 Å². The largest absolute Gasteiger partial charge is 0.508 e. The summed E-state index contributed by atoms with van der Waals surface area (Å²) in [7, 11) is 0. The molecule has 0 aromatic heterocycles. The maximum Gasteiger partial charge on any atom is 0.328 e. The molecule has 0 heterocycles. The van der Waals surface area contributed by atoms with Gasteiger partial charge >= 0.3 is 11.9 Å². The van der Waals surface area contributed by atoms with Gasteiger partial charge in [0.2, 0.25) is 82.6 Å². The summed E-state index contributed by atoms with van der Waals surface area (Å²) >= 11 is 8.42. The number of carboxylic acid groups (broad SMARTS) is 2. The third-order valence-electron chi connectivity index (χ3n) is 18.3. The van der Waals surface area contributed by atoms with E-state index in [-0.39, 0.29) is 69.2 Å². The molecule has 2 aromatic carbocycles. The molecule has 0 amide bonds. The third kappa shape index (κ3) is 41.5. The van der Waals surface area contributed by atoms with Gasteiger partial charge in [0.15, 0.2) is 41.8 Å². The zero-order valence-corrected chi connectivity index (χ0v) is 73.1. The highest BCUT2D eigenvalue weighted by Crippen LogP contribution is 2.23. The van der Waals surface area contributed by atoms with Crippen LogP contribution in [0.3, 0.4) is 0 Å². The van der Waals surface area contributed by atoms with E-state index in [2.05, 4.69) is 111 Å².